The van der Waals surface area contributed by atoms with Crippen molar-refractivity contribution in [3.8, 4) is 0 Å². The van der Waals surface area contributed by atoms with Gasteiger partial charge in [-0.1, -0.05) is 19.4 Å². The Bertz CT molecular complexity index is 464. The Labute approximate surface area is 113 Å². The van der Waals surface area contributed by atoms with Crippen LogP contribution < -0.4 is 10.6 Å². The van der Waals surface area contributed by atoms with Crippen molar-refractivity contribution in [1.82, 2.24) is 5.32 Å². The smallest absolute Gasteiger partial charge is 0.253 e. The molecule has 3 nitrogen and oxygen atoms in total. The molecular weight excluding hydrogens is 243 g/mol. The van der Waals surface area contributed by atoms with E-state index in [1.807, 2.05) is 0 Å². The molecule has 1 aromatic rings. The minimum Gasteiger partial charge on any atom is -0.385 e. The van der Waals surface area contributed by atoms with E-state index in [9.17, 15) is 9.18 Å². The summed E-state index contributed by atoms with van der Waals surface area (Å²) in [6.07, 6.45) is 4.67. The van der Waals surface area contributed by atoms with Gasteiger partial charge in [-0.15, -0.1) is 0 Å². The third-order valence-corrected chi connectivity index (χ3v) is 4.30. The predicted octanol–water partition coefficient (Wildman–Crippen LogP) is 3.18. The highest BCUT2D eigenvalue weighted by Crippen LogP contribution is 2.43. The lowest BCUT2D eigenvalue weighted by Gasteiger charge is -2.41. The van der Waals surface area contributed by atoms with Gasteiger partial charge in [0.05, 0.1) is 11.3 Å². The maximum atomic E-state index is 13.6. The van der Waals surface area contributed by atoms with Crippen LogP contribution in [0.4, 0.5) is 10.1 Å². The van der Waals surface area contributed by atoms with Crippen LogP contribution in [0.5, 0.6) is 0 Å². The molecule has 2 rings (SSSR count). The summed E-state index contributed by atoms with van der Waals surface area (Å²) in [7, 11) is 1.62. The highest BCUT2D eigenvalue weighted by atomic mass is 19.1. The average Bonchev–Trinajstić information content (AvgIpc) is 2.37. The van der Waals surface area contributed by atoms with E-state index in [4.69, 9.17) is 0 Å². The molecule has 104 valence electrons. The van der Waals surface area contributed by atoms with E-state index in [0.717, 1.165) is 6.42 Å². The van der Waals surface area contributed by atoms with Gasteiger partial charge in [-0.2, -0.15) is 0 Å². The van der Waals surface area contributed by atoms with Crippen molar-refractivity contribution in [3.63, 3.8) is 0 Å². The number of benzene rings is 1. The van der Waals surface area contributed by atoms with Gasteiger partial charge in [0.2, 0.25) is 0 Å². The molecule has 4 heteroatoms. The van der Waals surface area contributed by atoms with E-state index in [1.165, 1.54) is 25.3 Å². The molecule has 0 bridgehead atoms. The average molecular weight is 264 g/mol. The lowest BCUT2D eigenvalue weighted by molar-refractivity contribution is 0.0850. The maximum absolute atomic E-state index is 13.6. The quantitative estimate of drug-likeness (QED) is 0.857. The summed E-state index contributed by atoms with van der Waals surface area (Å²) in [5.74, 6) is -0.604. The fourth-order valence-corrected chi connectivity index (χ4v) is 2.66. The van der Waals surface area contributed by atoms with Gasteiger partial charge in [0.1, 0.15) is 5.82 Å². The van der Waals surface area contributed by atoms with Crippen molar-refractivity contribution in [2.75, 3.05) is 18.9 Å². The number of nitrogens with one attached hydrogen (secondary N) is 2. The summed E-state index contributed by atoms with van der Waals surface area (Å²) < 4.78 is 13.6. The van der Waals surface area contributed by atoms with Gasteiger partial charge in [0, 0.05) is 13.6 Å². The molecule has 1 amide bonds. The molecular formula is C15H21FN2O. The predicted molar refractivity (Wildman–Crippen MR) is 74.9 cm³/mol. The number of para-hydroxylation sites is 1. The Morgan fingerprint density at radius 1 is 1.42 bits per heavy atom. The van der Waals surface area contributed by atoms with Crippen molar-refractivity contribution in [1.29, 1.82) is 0 Å². The second kappa shape index (κ2) is 5.59. The zero-order chi connectivity index (χ0) is 13.9. The molecule has 0 saturated heterocycles. The Kier molecular flexibility index (Phi) is 4.08. The van der Waals surface area contributed by atoms with E-state index in [1.54, 1.807) is 19.2 Å². The minimum atomic E-state index is -0.399. The van der Waals surface area contributed by atoms with Gasteiger partial charge in [-0.3, -0.25) is 4.79 Å². The first-order valence-corrected chi connectivity index (χ1v) is 6.86. The van der Waals surface area contributed by atoms with Crippen LogP contribution in [0.2, 0.25) is 0 Å². The SMILES string of the molecule is CCC1(CNC(=O)c2cccc(F)c2NC)CCC1. The third-order valence-electron chi connectivity index (χ3n) is 4.30. The van der Waals surface area contributed by atoms with Crippen LogP contribution in [-0.2, 0) is 0 Å². The van der Waals surface area contributed by atoms with Crippen molar-refractivity contribution >= 4 is 11.6 Å². The Hall–Kier alpha value is -1.58. The van der Waals surface area contributed by atoms with E-state index in [-0.39, 0.29) is 17.0 Å². The summed E-state index contributed by atoms with van der Waals surface area (Å²) in [5.41, 5.74) is 0.898. The first-order chi connectivity index (χ1) is 9.12. The Balaban J connectivity index is 2.06. The molecule has 0 unspecified atom stereocenters. The number of halogens is 1. The molecule has 1 aromatic carbocycles. The second-order valence-corrected chi connectivity index (χ2v) is 5.30. The zero-order valence-electron chi connectivity index (χ0n) is 11.6. The van der Waals surface area contributed by atoms with E-state index in [0.29, 0.717) is 12.1 Å². The van der Waals surface area contributed by atoms with Crippen molar-refractivity contribution in [2.45, 2.75) is 32.6 Å². The first kappa shape index (κ1) is 13.8. The number of anilines is 1. The molecule has 0 radical (unpaired) electrons. The summed E-state index contributed by atoms with van der Waals surface area (Å²) in [6.45, 7) is 2.84. The van der Waals surface area contributed by atoms with Gasteiger partial charge < -0.3 is 10.6 Å². The number of carbonyl (C=O) groups excluding carboxylic acids is 1. The third kappa shape index (κ3) is 2.72. The highest BCUT2D eigenvalue weighted by molar-refractivity contribution is 5.99. The van der Waals surface area contributed by atoms with E-state index < -0.39 is 5.82 Å². The number of carbonyl (C=O) groups is 1. The van der Waals surface area contributed by atoms with Gasteiger partial charge >= 0.3 is 0 Å². The Morgan fingerprint density at radius 3 is 2.68 bits per heavy atom. The van der Waals surface area contributed by atoms with Crippen LogP contribution in [0.15, 0.2) is 18.2 Å². The van der Waals surface area contributed by atoms with Gasteiger partial charge in [-0.25, -0.2) is 4.39 Å². The molecule has 1 fully saturated rings. The van der Waals surface area contributed by atoms with Crippen LogP contribution in [-0.4, -0.2) is 19.5 Å². The molecule has 0 atom stereocenters. The van der Waals surface area contributed by atoms with Crippen LogP contribution in [0.3, 0.4) is 0 Å². The van der Waals surface area contributed by atoms with Crippen molar-refractivity contribution in [2.24, 2.45) is 5.41 Å². The molecule has 0 spiro atoms. The standard InChI is InChI=1S/C15H21FN2O/c1-3-15(8-5-9-15)10-18-14(19)11-6-4-7-12(16)13(11)17-2/h4,6-7,17H,3,5,8-10H2,1-2H3,(H,18,19). The molecule has 19 heavy (non-hydrogen) atoms. The summed E-state index contributed by atoms with van der Waals surface area (Å²) in [5, 5.41) is 5.70. The lowest BCUT2D eigenvalue weighted by Crippen LogP contribution is -2.41. The normalized spacial score (nSPS) is 16.6. The van der Waals surface area contributed by atoms with Gasteiger partial charge in [-0.05, 0) is 36.8 Å². The number of hydrogen-bond acceptors (Lipinski definition) is 2. The number of rotatable bonds is 5. The molecule has 1 aliphatic rings. The first-order valence-electron chi connectivity index (χ1n) is 6.86. The van der Waals surface area contributed by atoms with Crippen LogP contribution in [0.1, 0.15) is 43.0 Å². The fourth-order valence-electron chi connectivity index (χ4n) is 2.66. The van der Waals surface area contributed by atoms with E-state index >= 15 is 0 Å². The van der Waals surface area contributed by atoms with Crippen LogP contribution in [0, 0.1) is 11.2 Å². The van der Waals surface area contributed by atoms with Gasteiger partial charge in [0.25, 0.3) is 5.91 Å². The topological polar surface area (TPSA) is 41.1 Å². The molecule has 1 saturated carbocycles. The van der Waals surface area contributed by atoms with Gasteiger partial charge in [0.15, 0.2) is 0 Å². The van der Waals surface area contributed by atoms with Crippen LogP contribution in [0.25, 0.3) is 0 Å². The van der Waals surface area contributed by atoms with E-state index in [2.05, 4.69) is 17.6 Å². The highest BCUT2D eigenvalue weighted by Gasteiger charge is 2.35. The van der Waals surface area contributed by atoms with Crippen molar-refractivity contribution < 1.29 is 9.18 Å². The molecule has 1 aliphatic carbocycles. The molecule has 0 aromatic heterocycles. The monoisotopic (exact) mass is 264 g/mol. The van der Waals surface area contributed by atoms with Crippen molar-refractivity contribution in [3.05, 3.63) is 29.6 Å². The molecule has 0 heterocycles. The molecule has 2 N–H and O–H groups in total. The largest absolute Gasteiger partial charge is 0.385 e. The Morgan fingerprint density at radius 2 is 2.16 bits per heavy atom. The summed E-state index contributed by atoms with van der Waals surface area (Å²) in [6, 6.07) is 4.55. The minimum absolute atomic E-state index is 0.205. The molecule has 0 aliphatic heterocycles. The number of hydrogen-bond donors (Lipinski definition) is 2. The summed E-state index contributed by atoms with van der Waals surface area (Å²) >= 11 is 0. The summed E-state index contributed by atoms with van der Waals surface area (Å²) in [4.78, 5) is 12.2. The maximum Gasteiger partial charge on any atom is 0.253 e. The second-order valence-electron chi connectivity index (χ2n) is 5.30. The number of amides is 1. The zero-order valence-corrected chi connectivity index (χ0v) is 11.6. The fraction of sp³-hybridized carbons (Fsp3) is 0.533. The lowest BCUT2D eigenvalue weighted by atomic mass is 9.67. The van der Waals surface area contributed by atoms with Crippen LogP contribution >= 0.6 is 0 Å².